The maximum absolute atomic E-state index is 12.2. The van der Waals surface area contributed by atoms with Crippen LogP contribution in [0.5, 0.6) is 5.75 Å². The molecule has 1 saturated carbocycles. The lowest BCUT2D eigenvalue weighted by Gasteiger charge is -2.28. The number of carbonyl (C=O) groups is 1. The van der Waals surface area contributed by atoms with E-state index in [4.69, 9.17) is 16.3 Å². The third kappa shape index (κ3) is 2.60. The van der Waals surface area contributed by atoms with Gasteiger partial charge < -0.3 is 15.0 Å². The molecule has 0 bridgehead atoms. The van der Waals surface area contributed by atoms with Crippen LogP contribution < -0.4 is 15.0 Å². The fourth-order valence-electron chi connectivity index (χ4n) is 4.51. The van der Waals surface area contributed by atoms with Crippen LogP contribution in [0.15, 0.2) is 42.5 Å². The van der Waals surface area contributed by atoms with Gasteiger partial charge >= 0.3 is 5.97 Å². The molecule has 26 heavy (non-hydrogen) atoms. The number of benzene rings is 2. The van der Waals surface area contributed by atoms with Crippen LogP contribution in [0.2, 0.25) is 5.02 Å². The van der Waals surface area contributed by atoms with Crippen molar-refractivity contribution < 1.29 is 9.53 Å². The van der Waals surface area contributed by atoms with Crippen molar-refractivity contribution in [3.63, 3.8) is 0 Å². The van der Waals surface area contributed by atoms with Gasteiger partial charge in [0.15, 0.2) is 0 Å². The molecule has 1 N–H and O–H groups in total. The number of nitrogens with zero attached hydrogens (tertiary/aromatic N) is 1. The van der Waals surface area contributed by atoms with Crippen molar-refractivity contribution in [1.29, 1.82) is 0 Å². The molecule has 5 rings (SSSR count). The number of ether oxygens (including phenoxy) is 1. The highest BCUT2D eigenvalue weighted by molar-refractivity contribution is 6.30. The van der Waals surface area contributed by atoms with Crippen LogP contribution in [0.25, 0.3) is 0 Å². The second kappa shape index (κ2) is 6.29. The molecule has 5 heteroatoms. The number of anilines is 2. The maximum atomic E-state index is 12.2. The minimum Gasteiger partial charge on any atom is -0.426 e. The van der Waals surface area contributed by atoms with Crippen molar-refractivity contribution in [2.24, 2.45) is 5.92 Å². The number of hydrogen-bond donors (Lipinski definition) is 1. The van der Waals surface area contributed by atoms with E-state index in [0.717, 1.165) is 10.7 Å². The Kier molecular flexibility index (Phi) is 3.91. The van der Waals surface area contributed by atoms with E-state index in [-0.39, 0.29) is 11.9 Å². The quantitative estimate of drug-likeness (QED) is 0.649. The van der Waals surface area contributed by atoms with Gasteiger partial charge in [0.05, 0.1) is 5.92 Å². The first-order chi connectivity index (χ1) is 12.7. The van der Waals surface area contributed by atoms with Crippen molar-refractivity contribution in [1.82, 2.24) is 5.32 Å². The second-order valence-electron chi connectivity index (χ2n) is 7.45. The third-order valence-corrected chi connectivity index (χ3v) is 6.12. The lowest BCUT2D eigenvalue weighted by Crippen LogP contribution is -2.48. The molecular formula is C21H21ClN2O2. The van der Waals surface area contributed by atoms with Gasteiger partial charge in [-0.3, -0.25) is 4.79 Å². The summed E-state index contributed by atoms with van der Waals surface area (Å²) in [5.41, 5.74) is 3.67. The standard InChI is InChI=1S/C21H21ClN2O2/c22-14-7-8-20-18(9-14)17-5-2-6-19(17)24(20)15-3-1-4-16(10-15)26-21(25)13-11-23-12-13/h1,3-4,7-10,13,17,19,23H,2,5-6,11-12H2. The van der Waals surface area contributed by atoms with Gasteiger partial charge in [-0.2, -0.15) is 0 Å². The lowest BCUT2D eigenvalue weighted by molar-refractivity contribution is -0.140. The molecular weight excluding hydrogens is 348 g/mol. The van der Waals surface area contributed by atoms with E-state index in [1.807, 2.05) is 24.3 Å². The van der Waals surface area contributed by atoms with E-state index in [1.165, 1.54) is 30.5 Å². The molecule has 1 saturated heterocycles. The summed E-state index contributed by atoms with van der Waals surface area (Å²) in [6.07, 6.45) is 3.62. The Labute approximate surface area is 158 Å². The maximum Gasteiger partial charge on any atom is 0.316 e. The van der Waals surface area contributed by atoms with Crippen molar-refractivity contribution >= 4 is 28.9 Å². The molecule has 1 aliphatic carbocycles. The molecule has 4 nitrogen and oxygen atoms in total. The van der Waals surface area contributed by atoms with Gasteiger partial charge in [-0.1, -0.05) is 24.1 Å². The van der Waals surface area contributed by atoms with Crippen molar-refractivity contribution in [3.8, 4) is 5.75 Å². The average molecular weight is 369 g/mol. The van der Waals surface area contributed by atoms with Gasteiger partial charge in [0, 0.05) is 47.5 Å². The topological polar surface area (TPSA) is 41.6 Å². The van der Waals surface area contributed by atoms with Crippen LogP contribution in [0.4, 0.5) is 11.4 Å². The van der Waals surface area contributed by atoms with E-state index in [9.17, 15) is 4.79 Å². The van der Waals surface area contributed by atoms with Crippen LogP contribution in [-0.2, 0) is 4.79 Å². The number of rotatable bonds is 3. The molecule has 134 valence electrons. The van der Waals surface area contributed by atoms with Crippen molar-refractivity contribution in [3.05, 3.63) is 53.1 Å². The number of carbonyl (C=O) groups excluding carboxylic acids is 1. The highest BCUT2D eigenvalue weighted by Crippen LogP contribution is 2.52. The zero-order valence-corrected chi connectivity index (χ0v) is 15.2. The summed E-state index contributed by atoms with van der Waals surface area (Å²) in [6.45, 7) is 1.42. The summed E-state index contributed by atoms with van der Waals surface area (Å²) in [7, 11) is 0. The van der Waals surface area contributed by atoms with Gasteiger partial charge in [0.2, 0.25) is 0 Å². The summed E-state index contributed by atoms with van der Waals surface area (Å²) in [6, 6.07) is 14.6. The molecule has 0 aromatic heterocycles. The molecule has 0 amide bonds. The summed E-state index contributed by atoms with van der Waals surface area (Å²) >= 11 is 6.26. The summed E-state index contributed by atoms with van der Waals surface area (Å²) in [5.74, 6) is 0.994. The van der Waals surface area contributed by atoms with Gasteiger partial charge in [-0.15, -0.1) is 0 Å². The SMILES string of the molecule is O=C(Oc1cccc(N2c3ccc(Cl)cc3C3CCCC32)c1)C1CNC1. The summed E-state index contributed by atoms with van der Waals surface area (Å²) in [5, 5.41) is 3.90. The predicted molar refractivity (Wildman–Crippen MR) is 102 cm³/mol. The fourth-order valence-corrected chi connectivity index (χ4v) is 4.70. The molecule has 2 aliphatic heterocycles. The lowest BCUT2D eigenvalue weighted by atomic mass is 9.98. The number of esters is 1. The number of halogens is 1. The van der Waals surface area contributed by atoms with Gasteiger partial charge in [0.1, 0.15) is 5.75 Å². The fraction of sp³-hybridized carbons (Fsp3) is 0.381. The van der Waals surface area contributed by atoms with Gasteiger partial charge in [-0.05, 0) is 48.7 Å². The number of nitrogens with one attached hydrogen (secondary N) is 1. The zero-order valence-electron chi connectivity index (χ0n) is 14.5. The van der Waals surface area contributed by atoms with E-state index >= 15 is 0 Å². The van der Waals surface area contributed by atoms with Crippen LogP contribution in [0, 0.1) is 5.92 Å². The predicted octanol–water partition coefficient (Wildman–Crippen LogP) is 4.25. The van der Waals surface area contributed by atoms with Crippen LogP contribution in [0.3, 0.4) is 0 Å². The molecule has 2 atom stereocenters. The largest absolute Gasteiger partial charge is 0.426 e. The summed E-state index contributed by atoms with van der Waals surface area (Å²) in [4.78, 5) is 14.6. The normalized spacial score (nSPS) is 24.1. The van der Waals surface area contributed by atoms with Gasteiger partial charge in [0.25, 0.3) is 0 Å². The molecule has 2 unspecified atom stereocenters. The van der Waals surface area contributed by atoms with Crippen LogP contribution in [-0.4, -0.2) is 25.1 Å². The molecule has 0 radical (unpaired) electrons. The van der Waals surface area contributed by atoms with Gasteiger partial charge in [-0.25, -0.2) is 0 Å². The molecule has 2 fully saturated rings. The number of hydrogen-bond acceptors (Lipinski definition) is 4. The Bertz CT molecular complexity index is 865. The molecule has 2 aromatic rings. The minimum atomic E-state index is -0.145. The molecule has 3 aliphatic rings. The van der Waals surface area contributed by atoms with Crippen LogP contribution >= 0.6 is 11.6 Å². The van der Waals surface area contributed by atoms with E-state index in [2.05, 4.69) is 28.4 Å². The Morgan fingerprint density at radius 3 is 2.85 bits per heavy atom. The van der Waals surface area contributed by atoms with Crippen LogP contribution in [0.1, 0.15) is 30.7 Å². The average Bonchev–Trinajstić information content (AvgIpc) is 3.14. The first-order valence-electron chi connectivity index (χ1n) is 9.32. The Hall–Kier alpha value is -2.04. The second-order valence-corrected chi connectivity index (χ2v) is 7.89. The van der Waals surface area contributed by atoms with E-state index < -0.39 is 0 Å². The Balaban J connectivity index is 1.48. The highest BCUT2D eigenvalue weighted by atomic mass is 35.5. The number of fused-ring (bicyclic) bond motifs is 3. The third-order valence-electron chi connectivity index (χ3n) is 5.89. The molecule has 2 aromatic carbocycles. The van der Waals surface area contributed by atoms with Crippen molar-refractivity contribution in [2.75, 3.05) is 18.0 Å². The monoisotopic (exact) mass is 368 g/mol. The van der Waals surface area contributed by atoms with E-state index in [0.29, 0.717) is 30.8 Å². The molecule has 2 heterocycles. The smallest absolute Gasteiger partial charge is 0.316 e. The zero-order chi connectivity index (χ0) is 17.7. The minimum absolute atomic E-state index is 0.0208. The van der Waals surface area contributed by atoms with E-state index in [1.54, 1.807) is 0 Å². The summed E-state index contributed by atoms with van der Waals surface area (Å²) < 4.78 is 5.61. The van der Waals surface area contributed by atoms with Crippen molar-refractivity contribution in [2.45, 2.75) is 31.2 Å². The molecule has 0 spiro atoms. The Morgan fingerprint density at radius 1 is 1.15 bits per heavy atom. The Morgan fingerprint density at radius 2 is 2.04 bits per heavy atom. The first-order valence-corrected chi connectivity index (χ1v) is 9.69. The first kappa shape index (κ1) is 16.2. The highest BCUT2D eigenvalue weighted by Gasteiger charge is 2.42.